The van der Waals surface area contributed by atoms with Crippen LogP contribution in [-0.2, 0) is 21.9 Å². The summed E-state index contributed by atoms with van der Waals surface area (Å²) in [5, 5.41) is 3.34. The van der Waals surface area contributed by atoms with E-state index in [9.17, 15) is 14.0 Å². The summed E-state index contributed by atoms with van der Waals surface area (Å²) in [6, 6.07) is 11.9. The predicted molar refractivity (Wildman–Crippen MR) is 131 cm³/mol. The fourth-order valence-corrected chi connectivity index (χ4v) is 4.62. The number of nitrogens with one attached hydrogen (secondary N) is 1. The first-order valence-electron chi connectivity index (χ1n) is 10.7. The number of benzene rings is 2. The number of hydrogen-bond acceptors (Lipinski definition) is 3. The second-order valence-corrected chi connectivity index (χ2v) is 10.3. The number of aryl methyl sites for hydroxylation is 1. The molecule has 0 heterocycles. The van der Waals surface area contributed by atoms with Gasteiger partial charge >= 0.3 is 0 Å². The molecule has 2 aromatic carbocycles. The normalized spacial score (nSPS) is 12.3. The number of carbonyl (C=O) groups excluding carboxylic acids is 2. The number of halogens is 2. The van der Waals surface area contributed by atoms with E-state index in [-0.39, 0.29) is 29.1 Å². The van der Waals surface area contributed by atoms with Crippen LogP contribution in [0.15, 0.2) is 42.5 Å². The van der Waals surface area contributed by atoms with E-state index < -0.39 is 11.6 Å². The highest BCUT2D eigenvalue weighted by Crippen LogP contribution is 2.25. The summed E-state index contributed by atoms with van der Waals surface area (Å²) in [6.45, 7) is 9.97. The summed E-state index contributed by atoms with van der Waals surface area (Å²) in [5.74, 6) is -0.330. The molecule has 0 spiro atoms. The number of hydrogen-bond donors (Lipinski definition) is 1. The lowest BCUT2D eigenvalue weighted by Gasteiger charge is -2.33. The van der Waals surface area contributed by atoms with Crippen LogP contribution in [0.2, 0.25) is 5.02 Å². The van der Waals surface area contributed by atoms with Gasteiger partial charge in [0.05, 0.1) is 5.75 Å². The Morgan fingerprint density at radius 2 is 1.88 bits per heavy atom. The minimum atomic E-state index is -0.597. The van der Waals surface area contributed by atoms with E-state index in [1.807, 2.05) is 58.9 Å². The lowest BCUT2D eigenvalue weighted by Crippen LogP contribution is -2.53. The lowest BCUT2D eigenvalue weighted by molar-refractivity contribution is -0.140. The maximum absolute atomic E-state index is 14.1. The van der Waals surface area contributed by atoms with Gasteiger partial charge in [0.1, 0.15) is 11.9 Å². The Balaban J connectivity index is 2.20. The first-order valence-corrected chi connectivity index (χ1v) is 12.2. The molecular weight excluding hydrogens is 447 g/mol. The zero-order valence-corrected chi connectivity index (χ0v) is 20.9. The van der Waals surface area contributed by atoms with Crippen molar-refractivity contribution in [1.29, 1.82) is 0 Å². The molecule has 0 saturated heterocycles. The van der Waals surface area contributed by atoms with Gasteiger partial charge in [-0.25, -0.2) is 4.39 Å². The average molecular weight is 479 g/mol. The molecule has 0 aromatic heterocycles. The van der Waals surface area contributed by atoms with Crippen molar-refractivity contribution in [2.75, 3.05) is 5.75 Å². The van der Waals surface area contributed by atoms with E-state index >= 15 is 0 Å². The number of amides is 2. The van der Waals surface area contributed by atoms with Gasteiger partial charge in [-0.1, -0.05) is 54.4 Å². The summed E-state index contributed by atoms with van der Waals surface area (Å²) in [6.07, 6.45) is 0.489. The van der Waals surface area contributed by atoms with Crippen LogP contribution in [0, 0.1) is 12.7 Å². The minimum Gasteiger partial charge on any atom is -0.350 e. The number of carbonyl (C=O) groups is 2. The van der Waals surface area contributed by atoms with Crippen LogP contribution >= 0.6 is 23.4 Å². The number of nitrogens with zero attached hydrogens (tertiary/aromatic N) is 1. The van der Waals surface area contributed by atoms with Crippen molar-refractivity contribution < 1.29 is 14.0 Å². The minimum absolute atomic E-state index is 0.121. The number of thioether (sulfide) groups is 1. The first-order chi connectivity index (χ1) is 15.0. The molecule has 32 heavy (non-hydrogen) atoms. The summed E-state index contributed by atoms with van der Waals surface area (Å²) in [5.41, 5.74) is 2.03. The van der Waals surface area contributed by atoms with Crippen LogP contribution in [0.25, 0.3) is 0 Å². The van der Waals surface area contributed by atoms with Gasteiger partial charge in [0, 0.05) is 28.4 Å². The highest BCUT2D eigenvalue weighted by Gasteiger charge is 2.30. The quantitative estimate of drug-likeness (QED) is 0.499. The molecule has 174 valence electrons. The third-order valence-electron chi connectivity index (χ3n) is 4.85. The molecule has 0 saturated carbocycles. The van der Waals surface area contributed by atoms with E-state index in [1.54, 1.807) is 17.0 Å². The molecule has 2 aromatic rings. The van der Waals surface area contributed by atoms with E-state index in [0.717, 1.165) is 11.1 Å². The Morgan fingerprint density at radius 3 is 2.47 bits per heavy atom. The van der Waals surface area contributed by atoms with Gasteiger partial charge < -0.3 is 10.2 Å². The third-order valence-corrected chi connectivity index (χ3v) is 6.15. The standard InChI is InChI=1S/C25H32ClFN2O2S/c1-6-22(24(31)28-25(3,4)5)29(14-18-10-7-9-17(2)13-18)23(30)16-32-15-19-20(26)11-8-12-21(19)27/h7-13,22H,6,14-16H2,1-5H3,(H,28,31)/t22-/m1/s1. The highest BCUT2D eigenvalue weighted by molar-refractivity contribution is 7.99. The van der Waals surface area contributed by atoms with Gasteiger partial charge in [0.2, 0.25) is 11.8 Å². The Hall–Kier alpha value is -2.05. The summed E-state index contributed by atoms with van der Waals surface area (Å²) >= 11 is 7.39. The molecule has 0 aliphatic rings. The van der Waals surface area contributed by atoms with Gasteiger partial charge in [-0.15, -0.1) is 11.8 Å². The summed E-state index contributed by atoms with van der Waals surface area (Å²) < 4.78 is 14.1. The van der Waals surface area contributed by atoms with Gasteiger partial charge in [0.25, 0.3) is 0 Å². The molecule has 2 amide bonds. The SMILES string of the molecule is CC[C@H](C(=O)NC(C)(C)C)N(Cc1cccc(C)c1)C(=O)CSCc1c(F)cccc1Cl. The topological polar surface area (TPSA) is 49.4 Å². The maximum Gasteiger partial charge on any atom is 0.243 e. The fourth-order valence-electron chi connectivity index (χ4n) is 3.37. The van der Waals surface area contributed by atoms with E-state index in [4.69, 9.17) is 11.6 Å². The molecular formula is C25H32ClFN2O2S. The number of rotatable bonds is 9. The van der Waals surface area contributed by atoms with Crippen molar-refractivity contribution >= 4 is 35.2 Å². The Kier molecular flexibility index (Phi) is 9.59. The monoisotopic (exact) mass is 478 g/mol. The molecule has 1 atom stereocenters. The van der Waals surface area contributed by atoms with Gasteiger partial charge in [-0.2, -0.15) is 0 Å². The van der Waals surface area contributed by atoms with Crippen molar-refractivity contribution in [2.24, 2.45) is 0 Å². The molecule has 0 radical (unpaired) electrons. The van der Waals surface area contributed by atoms with Crippen LogP contribution in [-0.4, -0.2) is 34.0 Å². The molecule has 0 aliphatic carbocycles. The van der Waals surface area contributed by atoms with Crippen LogP contribution in [0.1, 0.15) is 50.8 Å². The van der Waals surface area contributed by atoms with Crippen LogP contribution < -0.4 is 5.32 Å². The fraction of sp³-hybridized carbons (Fsp3) is 0.440. The van der Waals surface area contributed by atoms with Gasteiger partial charge in [-0.05, 0) is 51.8 Å². The highest BCUT2D eigenvalue weighted by atomic mass is 35.5. The van der Waals surface area contributed by atoms with Crippen molar-refractivity contribution in [3.8, 4) is 0 Å². The summed E-state index contributed by atoms with van der Waals surface area (Å²) in [7, 11) is 0. The second kappa shape index (κ2) is 11.7. The van der Waals surface area contributed by atoms with E-state index in [1.165, 1.54) is 17.8 Å². The van der Waals surface area contributed by atoms with Crippen LogP contribution in [0.5, 0.6) is 0 Å². The first kappa shape index (κ1) is 26.2. The zero-order valence-electron chi connectivity index (χ0n) is 19.4. The molecule has 0 bridgehead atoms. The van der Waals surface area contributed by atoms with Crippen molar-refractivity contribution in [3.05, 3.63) is 70.0 Å². The molecule has 0 fully saturated rings. The molecule has 2 rings (SSSR count). The smallest absolute Gasteiger partial charge is 0.243 e. The van der Waals surface area contributed by atoms with E-state index in [2.05, 4.69) is 5.32 Å². The zero-order chi connectivity index (χ0) is 23.9. The Morgan fingerprint density at radius 1 is 1.19 bits per heavy atom. The maximum atomic E-state index is 14.1. The van der Waals surface area contributed by atoms with Crippen molar-refractivity contribution in [1.82, 2.24) is 10.2 Å². The van der Waals surface area contributed by atoms with E-state index in [0.29, 0.717) is 23.6 Å². The summed E-state index contributed by atoms with van der Waals surface area (Å²) in [4.78, 5) is 27.9. The van der Waals surface area contributed by atoms with Crippen LogP contribution in [0.3, 0.4) is 0 Å². The predicted octanol–water partition coefficient (Wildman–Crippen LogP) is 5.74. The van der Waals surface area contributed by atoms with Gasteiger partial charge in [0.15, 0.2) is 0 Å². The van der Waals surface area contributed by atoms with Crippen molar-refractivity contribution in [3.63, 3.8) is 0 Å². The molecule has 0 unspecified atom stereocenters. The molecule has 4 nitrogen and oxygen atoms in total. The molecule has 1 N–H and O–H groups in total. The van der Waals surface area contributed by atoms with Gasteiger partial charge in [-0.3, -0.25) is 9.59 Å². The van der Waals surface area contributed by atoms with Crippen molar-refractivity contribution in [2.45, 2.75) is 64.9 Å². The largest absolute Gasteiger partial charge is 0.350 e. The Labute approximate surface area is 199 Å². The van der Waals surface area contributed by atoms with Crippen LogP contribution in [0.4, 0.5) is 4.39 Å². The molecule has 7 heteroatoms. The Bertz CT molecular complexity index is 926. The second-order valence-electron chi connectivity index (χ2n) is 8.87. The lowest BCUT2D eigenvalue weighted by atomic mass is 10.1. The third kappa shape index (κ3) is 7.82. The average Bonchev–Trinajstić information content (AvgIpc) is 2.68. The molecule has 0 aliphatic heterocycles.